The predicted octanol–water partition coefficient (Wildman–Crippen LogP) is 5.50. The van der Waals surface area contributed by atoms with Crippen LogP contribution in [-0.2, 0) is 44.3 Å². The van der Waals surface area contributed by atoms with Gasteiger partial charge in [-0.15, -0.1) is 0 Å². The number of ether oxygens (including phenoxy) is 9. The molecule has 1 aromatic rings. The molecular weight excluding hydrogens is 608 g/mol. The fraction of sp³-hybridized carbons (Fsp3) is 0.812. The van der Waals surface area contributed by atoms with E-state index in [2.05, 4.69) is 47.1 Å². The molecule has 0 spiro atoms. The first-order chi connectivity index (χ1) is 20.9. The van der Waals surface area contributed by atoms with Crippen molar-refractivity contribution in [3.05, 3.63) is 29.8 Å². The van der Waals surface area contributed by atoms with Gasteiger partial charge in [-0.2, -0.15) is 0 Å². The van der Waals surface area contributed by atoms with Gasteiger partial charge in [0, 0.05) is 5.33 Å². The van der Waals surface area contributed by atoms with Gasteiger partial charge >= 0.3 is 0 Å². The third kappa shape index (κ3) is 28.0. The SMILES string of the molecule is CCCCCCCCc1ccc(OCCOCCOCCOCCOCCOCCOCCOCCOCCBr)cc1. The molecule has 10 heteroatoms. The third-order valence-electron chi connectivity index (χ3n) is 6.06. The van der Waals surface area contributed by atoms with Crippen LogP contribution in [0, 0.1) is 0 Å². The molecule has 0 saturated heterocycles. The highest BCUT2D eigenvalue weighted by atomic mass is 79.9. The van der Waals surface area contributed by atoms with Crippen LogP contribution in [0.25, 0.3) is 0 Å². The van der Waals surface area contributed by atoms with Gasteiger partial charge in [0.25, 0.3) is 0 Å². The maximum atomic E-state index is 5.76. The molecule has 0 aromatic heterocycles. The lowest BCUT2D eigenvalue weighted by molar-refractivity contribution is -0.0233. The van der Waals surface area contributed by atoms with Crippen LogP contribution >= 0.6 is 15.9 Å². The zero-order chi connectivity index (χ0) is 30.0. The molecule has 42 heavy (non-hydrogen) atoms. The lowest BCUT2D eigenvalue weighted by Gasteiger charge is -2.09. The number of rotatable bonds is 34. The highest BCUT2D eigenvalue weighted by Crippen LogP contribution is 2.15. The van der Waals surface area contributed by atoms with Crippen molar-refractivity contribution < 1.29 is 42.6 Å². The molecule has 0 aliphatic heterocycles. The summed E-state index contributed by atoms with van der Waals surface area (Å²) in [5, 5.41) is 0.842. The Kier molecular flexibility index (Phi) is 30.9. The van der Waals surface area contributed by atoms with E-state index >= 15 is 0 Å². The molecule has 0 aliphatic rings. The summed E-state index contributed by atoms with van der Waals surface area (Å²) >= 11 is 3.30. The number of halogens is 1. The lowest BCUT2D eigenvalue weighted by Crippen LogP contribution is -2.15. The zero-order valence-electron chi connectivity index (χ0n) is 26.0. The molecule has 0 atom stereocenters. The van der Waals surface area contributed by atoms with E-state index in [1.807, 2.05) is 0 Å². The molecular formula is C32H57BrO9. The van der Waals surface area contributed by atoms with Crippen molar-refractivity contribution in [3.8, 4) is 5.75 Å². The average Bonchev–Trinajstić information content (AvgIpc) is 3.01. The van der Waals surface area contributed by atoms with Crippen molar-refractivity contribution in [1.82, 2.24) is 0 Å². The van der Waals surface area contributed by atoms with E-state index in [9.17, 15) is 0 Å². The summed E-state index contributed by atoms with van der Waals surface area (Å²) in [6.45, 7) is 11.7. The Balaban J connectivity index is 1.73. The summed E-state index contributed by atoms with van der Waals surface area (Å²) < 4.78 is 49.4. The van der Waals surface area contributed by atoms with Crippen LogP contribution in [0.15, 0.2) is 24.3 Å². The maximum absolute atomic E-state index is 5.76. The highest BCUT2D eigenvalue weighted by molar-refractivity contribution is 9.09. The number of unbranched alkanes of at least 4 members (excludes halogenated alkanes) is 5. The number of aryl methyl sites for hydroxylation is 1. The molecule has 1 rings (SSSR count). The van der Waals surface area contributed by atoms with Crippen LogP contribution in [-0.4, -0.2) is 118 Å². The largest absolute Gasteiger partial charge is 0.491 e. The topological polar surface area (TPSA) is 83.1 Å². The van der Waals surface area contributed by atoms with Crippen LogP contribution in [0.3, 0.4) is 0 Å². The normalized spacial score (nSPS) is 11.4. The smallest absolute Gasteiger partial charge is 0.119 e. The summed E-state index contributed by atoms with van der Waals surface area (Å²) in [5.74, 6) is 0.890. The number of alkyl halides is 1. The van der Waals surface area contributed by atoms with Crippen molar-refractivity contribution in [2.45, 2.75) is 51.9 Å². The second-order valence-corrected chi connectivity index (χ2v) is 10.4. The van der Waals surface area contributed by atoms with Crippen molar-refractivity contribution in [2.24, 2.45) is 0 Å². The minimum Gasteiger partial charge on any atom is -0.491 e. The summed E-state index contributed by atoms with van der Waals surface area (Å²) in [7, 11) is 0. The van der Waals surface area contributed by atoms with Gasteiger partial charge in [-0.05, 0) is 30.5 Å². The van der Waals surface area contributed by atoms with Gasteiger partial charge in [0.05, 0.1) is 106 Å². The number of benzene rings is 1. The molecule has 0 aliphatic carbocycles. The first-order valence-electron chi connectivity index (χ1n) is 15.8. The molecule has 0 N–H and O–H groups in total. The molecule has 0 unspecified atom stereocenters. The second kappa shape index (κ2) is 33.1. The standard InChI is InChI=1S/C32H57BrO9/c1-2-3-4-5-6-7-8-31-9-11-32(12-10-31)42-30-29-41-28-27-40-26-25-39-24-23-38-22-21-37-20-19-36-18-17-35-16-15-34-14-13-33/h9-12H,2-8,13-30H2,1H3. The Morgan fingerprint density at radius 3 is 1.19 bits per heavy atom. The number of hydrogen-bond acceptors (Lipinski definition) is 9. The maximum Gasteiger partial charge on any atom is 0.119 e. The minimum atomic E-state index is 0.529. The quantitative estimate of drug-likeness (QED) is 0.0701. The Morgan fingerprint density at radius 1 is 0.429 bits per heavy atom. The van der Waals surface area contributed by atoms with Crippen molar-refractivity contribution in [2.75, 3.05) is 118 Å². The van der Waals surface area contributed by atoms with E-state index in [4.69, 9.17) is 42.6 Å². The Morgan fingerprint density at radius 2 is 0.786 bits per heavy atom. The molecule has 0 bridgehead atoms. The van der Waals surface area contributed by atoms with Crippen LogP contribution in [0.2, 0.25) is 0 Å². The molecule has 9 nitrogen and oxygen atoms in total. The predicted molar refractivity (Wildman–Crippen MR) is 169 cm³/mol. The van der Waals surface area contributed by atoms with Crippen LogP contribution in [0.1, 0.15) is 51.0 Å². The molecule has 0 saturated carbocycles. The van der Waals surface area contributed by atoms with Gasteiger partial charge in [-0.3, -0.25) is 0 Å². The van der Waals surface area contributed by atoms with Crippen molar-refractivity contribution in [3.63, 3.8) is 0 Å². The van der Waals surface area contributed by atoms with E-state index in [0.29, 0.717) is 112 Å². The first-order valence-corrected chi connectivity index (χ1v) is 16.9. The minimum absolute atomic E-state index is 0.529. The summed E-state index contributed by atoms with van der Waals surface area (Å²) in [5.41, 5.74) is 1.38. The molecule has 0 heterocycles. The molecule has 0 fully saturated rings. The van der Waals surface area contributed by atoms with Crippen molar-refractivity contribution >= 4 is 15.9 Å². The van der Waals surface area contributed by atoms with E-state index in [-0.39, 0.29) is 0 Å². The Labute approximate surface area is 263 Å². The van der Waals surface area contributed by atoms with Gasteiger partial charge in [-0.1, -0.05) is 67.1 Å². The Hall–Kier alpha value is -0.820. The lowest BCUT2D eigenvalue weighted by atomic mass is 10.0. The van der Waals surface area contributed by atoms with Gasteiger partial charge in [0.2, 0.25) is 0 Å². The van der Waals surface area contributed by atoms with E-state index < -0.39 is 0 Å². The zero-order valence-corrected chi connectivity index (χ0v) is 27.6. The third-order valence-corrected chi connectivity index (χ3v) is 6.39. The second-order valence-electron chi connectivity index (χ2n) is 9.60. The molecule has 246 valence electrons. The monoisotopic (exact) mass is 664 g/mol. The molecule has 0 radical (unpaired) electrons. The van der Waals surface area contributed by atoms with E-state index in [1.54, 1.807) is 0 Å². The van der Waals surface area contributed by atoms with Gasteiger partial charge in [0.1, 0.15) is 12.4 Å². The van der Waals surface area contributed by atoms with Gasteiger partial charge < -0.3 is 42.6 Å². The fourth-order valence-corrected chi connectivity index (χ4v) is 4.01. The molecule has 1 aromatic carbocycles. The van der Waals surface area contributed by atoms with E-state index in [1.165, 1.54) is 44.1 Å². The van der Waals surface area contributed by atoms with Crippen molar-refractivity contribution in [1.29, 1.82) is 0 Å². The van der Waals surface area contributed by atoms with Crippen LogP contribution in [0.5, 0.6) is 5.75 Å². The highest BCUT2D eigenvalue weighted by Gasteiger charge is 1.99. The van der Waals surface area contributed by atoms with Gasteiger partial charge in [-0.25, -0.2) is 0 Å². The Bertz CT molecular complexity index is 651. The summed E-state index contributed by atoms with van der Waals surface area (Å²) in [6.07, 6.45) is 9.12. The fourth-order valence-electron chi connectivity index (χ4n) is 3.78. The summed E-state index contributed by atoms with van der Waals surface area (Å²) in [4.78, 5) is 0. The van der Waals surface area contributed by atoms with E-state index in [0.717, 1.165) is 17.5 Å². The molecule has 0 amide bonds. The van der Waals surface area contributed by atoms with Crippen LogP contribution < -0.4 is 4.74 Å². The summed E-state index contributed by atoms with van der Waals surface area (Å²) in [6, 6.07) is 8.44. The first kappa shape index (κ1) is 39.2. The van der Waals surface area contributed by atoms with Crippen LogP contribution in [0.4, 0.5) is 0 Å². The van der Waals surface area contributed by atoms with Gasteiger partial charge in [0.15, 0.2) is 0 Å². The average molecular weight is 666 g/mol. The number of hydrogen-bond donors (Lipinski definition) is 0.